The number of hydrogen-bond donors (Lipinski definition) is 2. The summed E-state index contributed by atoms with van der Waals surface area (Å²) in [5.41, 5.74) is 3.51. The van der Waals surface area contributed by atoms with Gasteiger partial charge in [-0.05, 0) is 67.6 Å². The molecule has 6 rings (SSSR count). The quantitative estimate of drug-likeness (QED) is 0.416. The smallest absolute Gasteiger partial charge is 0.248 e. The third kappa shape index (κ3) is 7.46. The Kier molecular flexibility index (Phi) is 9.22. The van der Waals surface area contributed by atoms with Gasteiger partial charge in [-0.1, -0.05) is 12.1 Å². The number of halogens is 3. The Hall–Kier alpha value is -3.69. The van der Waals surface area contributed by atoms with E-state index >= 15 is 0 Å². The Morgan fingerprint density at radius 1 is 1.07 bits per heavy atom. The summed E-state index contributed by atoms with van der Waals surface area (Å²) in [6.45, 7) is 1.43. The number of hydrogen-bond acceptors (Lipinski definition) is 6. The third-order valence-electron chi connectivity index (χ3n) is 8.15. The van der Waals surface area contributed by atoms with Crippen molar-refractivity contribution in [2.45, 2.75) is 56.6 Å². The Balaban J connectivity index is 0.000000196. The lowest BCUT2D eigenvalue weighted by molar-refractivity contribution is -0.132. The maximum atomic E-state index is 13.2. The monoisotopic (exact) mass is 613 g/mol. The van der Waals surface area contributed by atoms with E-state index in [2.05, 4.69) is 15.3 Å². The fraction of sp³-hybridized carbons (Fsp3) is 0.452. The van der Waals surface area contributed by atoms with Gasteiger partial charge in [0.1, 0.15) is 11.4 Å². The highest BCUT2D eigenvalue weighted by Crippen LogP contribution is 2.39. The van der Waals surface area contributed by atoms with Gasteiger partial charge in [-0.3, -0.25) is 9.00 Å². The summed E-state index contributed by atoms with van der Waals surface area (Å²) >= 11 is 0. The van der Waals surface area contributed by atoms with Crippen molar-refractivity contribution in [3.8, 4) is 22.9 Å². The van der Waals surface area contributed by atoms with Gasteiger partial charge in [0.15, 0.2) is 0 Å². The Morgan fingerprint density at radius 3 is 2.30 bits per heavy atom. The van der Waals surface area contributed by atoms with Crippen molar-refractivity contribution < 1.29 is 27.3 Å². The summed E-state index contributed by atoms with van der Waals surface area (Å²) < 4.78 is 52.5. The molecule has 1 atom stereocenters. The maximum absolute atomic E-state index is 13.2. The number of nitrogens with zero attached hydrogens (tertiary/aromatic N) is 4. The first kappa shape index (κ1) is 30.8. The lowest BCUT2D eigenvalue weighted by Gasteiger charge is -2.28. The number of alkyl halides is 2. The molecular weight excluding hydrogens is 579 g/mol. The minimum atomic E-state index is -2.72. The number of anilines is 1. The highest BCUT2D eigenvalue weighted by molar-refractivity contribution is 7.85. The Bertz CT molecular complexity index is 1490. The second kappa shape index (κ2) is 12.9. The second-order valence-corrected chi connectivity index (χ2v) is 13.0. The molecule has 1 aliphatic heterocycles. The largest absolute Gasteiger partial charge is 0.390 e. The molecule has 3 aliphatic rings. The molecule has 1 unspecified atom stereocenters. The third-order valence-corrected chi connectivity index (χ3v) is 9.42. The first-order chi connectivity index (χ1) is 20.6. The molecule has 2 aliphatic carbocycles. The molecule has 1 amide bonds. The normalized spacial score (nSPS) is 20.8. The van der Waals surface area contributed by atoms with Crippen molar-refractivity contribution in [1.29, 1.82) is 5.26 Å². The van der Waals surface area contributed by atoms with Gasteiger partial charge in [0.2, 0.25) is 11.8 Å². The van der Waals surface area contributed by atoms with Crippen LogP contribution in [0.4, 0.5) is 18.9 Å². The van der Waals surface area contributed by atoms with Crippen LogP contribution in [0.5, 0.6) is 0 Å². The van der Waals surface area contributed by atoms with Gasteiger partial charge in [0, 0.05) is 65.4 Å². The Labute approximate surface area is 251 Å². The van der Waals surface area contributed by atoms with Crippen LogP contribution in [0.2, 0.25) is 0 Å². The van der Waals surface area contributed by atoms with Crippen LogP contribution in [0.1, 0.15) is 44.2 Å². The molecule has 0 bridgehead atoms. The number of aliphatic hydroxyl groups excluding tert-OH is 1. The van der Waals surface area contributed by atoms with Gasteiger partial charge >= 0.3 is 0 Å². The topological polar surface area (TPSA) is 111 Å². The van der Waals surface area contributed by atoms with Crippen LogP contribution in [0.25, 0.3) is 16.8 Å². The zero-order chi connectivity index (χ0) is 30.6. The van der Waals surface area contributed by atoms with Gasteiger partial charge in [-0.2, -0.15) is 10.4 Å². The van der Waals surface area contributed by atoms with E-state index in [0.29, 0.717) is 48.6 Å². The van der Waals surface area contributed by atoms with Crippen LogP contribution in [-0.4, -0.2) is 61.1 Å². The first-order valence-corrected chi connectivity index (χ1v) is 15.9. The molecule has 8 nitrogen and oxygen atoms in total. The van der Waals surface area contributed by atoms with Crippen LogP contribution >= 0.6 is 0 Å². The van der Waals surface area contributed by atoms with E-state index < -0.39 is 28.2 Å². The predicted molar refractivity (Wildman–Crippen MR) is 158 cm³/mol. The number of nitriles is 1. The first-order valence-electron chi connectivity index (χ1n) is 14.4. The fourth-order valence-corrected chi connectivity index (χ4v) is 6.50. The van der Waals surface area contributed by atoms with Crippen molar-refractivity contribution in [3.63, 3.8) is 0 Å². The van der Waals surface area contributed by atoms with Crippen molar-refractivity contribution in [2.24, 2.45) is 5.92 Å². The number of carbonyl (C=O) groups excluding carboxylic acids is 1. The standard InChI is InChI=1S/C20H20FN3O2S.C11H14F2N2O/c21-16-3-7-18(8-4-16)24-20(14-25)19(13-22-24)15-1-5-17(6-2-15)23-9-11-27(26)12-10-23;12-11(13)3-1-2-8(6-11)9(16)15-10(7-14)4-5-10/h1-8,13,25H,9-12,14H2;8H,1-6H2,(H,15,16). The number of benzene rings is 2. The maximum Gasteiger partial charge on any atom is 0.248 e. The minimum absolute atomic E-state index is 0.125. The molecule has 2 saturated carbocycles. The number of carbonyl (C=O) groups is 1. The summed E-state index contributed by atoms with van der Waals surface area (Å²) in [7, 11) is -0.694. The molecule has 0 radical (unpaired) electrons. The predicted octanol–water partition coefficient (Wildman–Crippen LogP) is 4.72. The molecule has 12 heteroatoms. The molecule has 2 aromatic carbocycles. The highest BCUT2D eigenvalue weighted by Gasteiger charge is 2.47. The van der Waals surface area contributed by atoms with E-state index in [1.165, 1.54) is 12.1 Å². The van der Waals surface area contributed by atoms with E-state index in [-0.39, 0.29) is 31.2 Å². The molecule has 43 heavy (non-hydrogen) atoms. The van der Waals surface area contributed by atoms with Gasteiger partial charge in [0.05, 0.1) is 30.3 Å². The van der Waals surface area contributed by atoms with Crippen molar-refractivity contribution in [3.05, 3.63) is 66.2 Å². The van der Waals surface area contributed by atoms with Crippen LogP contribution in [0, 0.1) is 23.1 Å². The van der Waals surface area contributed by atoms with Crippen molar-refractivity contribution in [2.75, 3.05) is 29.5 Å². The van der Waals surface area contributed by atoms with Gasteiger partial charge in [-0.25, -0.2) is 17.9 Å². The summed E-state index contributed by atoms with van der Waals surface area (Å²) in [5.74, 6) is -2.62. The highest BCUT2D eigenvalue weighted by atomic mass is 32.2. The van der Waals surface area contributed by atoms with E-state index in [1.54, 1.807) is 23.0 Å². The summed E-state index contributed by atoms with van der Waals surface area (Å²) in [5, 5.41) is 25.6. The summed E-state index contributed by atoms with van der Waals surface area (Å²) in [6.07, 6.45) is 3.37. The lowest BCUT2D eigenvalue weighted by atomic mass is 9.86. The summed E-state index contributed by atoms with van der Waals surface area (Å²) in [6, 6.07) is 16.1. The van der Waals surface area contributed by atoms with Gasteiger partial charge in [-0.15, -0.1) is 0 Å². The molecule has 0 spiro atoms. The SMILES string of the molecule is N#CC1(NC(=O)C2CCCC(F)(F)C2)CC1.O=S1CCN(c2ccc(-c3cnn(-c4ccc(F)cc4)c3CO)cc2)CC1. The molecule has 1 aromatic heterocycles. The van der Waals surface area contributed by atoms with Crippen LogP contribution in [0.3, 0.4) is 0 Å². The van der Waals surface area contributed by atoms with E-state index in [4.69, 9.17) is 5.26 Å². The molecule has 3 fully saturated rings. The summed E-state index contributed by atoms with van der Waals surface area (Å²) in [4.78, 5) is 13.9. The second-order valence-electron chi connectivity index (χ2n) is 11.3. The van der Waals surface area contributed by atoms with Crippen molar-refractivity contribution in [1.82, 2.24) is 15.1 Å². The number of nitrogens with one attached hydrogen (secondary N) is 1. The zero-order valence-electron chi connectivity index (χ0n) is 23.6. The number of amides is 1. The molecular formula is C31H34F3N5O3S. The minimum Gasteiger partial charge on any atom is -0.390 e. The van der Waals surface area contributed by atoms with Gasteiger partial charge < -0.3 is 15.3 Å². The average Bonchev–Trinajstić information content (AvgIpc) is 3.65. The van der Waals surface area contributed by atoms with Crippen molar-refractivity contribution >= 4 is 22.4 Å². The number of aliphatic hydroxyl groups is 1. The fourth-order valence-electron chi connectivity index (χ4n) is 5.44. The average molecular weight is 614 g/mol. The van der Waals surface area contributed by atoms with E-state index in [1.807, 2.05) is 30.3 Å². The molecule has 1 saturated heterocycles. The van der Waals surface area contributed by atoms with E-state index in [0.717, 1.165) is 29.9 Å². The molecule has 228 valence electrons. The zero-order valence-corrected chi connectivity index (χ0v) is 24.5. The molecule has 2 heterocycles. The van der Waals surface area contributed by atoms with Crippen LogP contribution in [-0.2, 0) is 22.2 Å². The molecule has 3 aromatic rings. The van der Waals surface area contributed by atoms with Crippen LogP contribution in [0.15, 0.2) is 54.7 Å². The Morgan fingerprint density at radius 2 is 1.72 bits per heavy atom. The molecule has 2 N–H and O–H groups in total. The number of rotatable bonds is 6. The lowest BCUT2D eigenvalue weighted by Crippen LogP contribution is -2.43. The number of aromatic nitrogens is 2. The van der Waals surface area contributed by atoms with Crippen LogP contribution < -0.4 is 10.2 Å². The van der Waals surface area contributed by atoms with E-state index in [9.17, 15) is 27.3 Å². The van der Waals surface area contributed by atoms with Gasteiger partial charge in [0.25, 0.3) is 0 Å².